The van der Waals surface area contributed by atoms with E-state index < -0.39 is 0 Å². The number of hydrogen-bond acceptors (Lipinski definition) is 4. The summed E-state index contributed by atoms with van der Waals surface area (Å²) in [4.78, 5) is 20.4. The average molecular weight is 301 g/mol. The van der Waals surface area contributed by atoms with Gasteiger partial charge >= 0.3 is 0 Å². The highest BCUT2D eigenvalue weighted by atomic mass is 79.9. The second-order valence-electron chi connectivity index (χ2n) is 4.31. The quantitative estimate of drug-likeness (QED) is 0.859. The summed E-state index contributed by atoms with van der Waals surface area (Å²) >= 11 is 3.30. The van der Waals surface area contributed by atoms with Crippen LogP contribution in [0.4, 0.5) is 5.82 Å². The summed E-state index contributed by atoms with van der Waals surface area (Å²) in [6.45, 7) is 2.10. The first-order valence-electron chi connectivity index (χ1n) is 5.87. The van der Waals surface area contributed by atoms with E-state index in [2.05, 4.69) is 36.1 Å². The second-order valence-corrected chi connectivity index (χ2v) is 5.11. The highest BCUT2D eigenvalue weighted by Crippen LogP contribution is 2.23. The molecule has 94 valence electrons. The minimum Gasteiger partial charge on any atom is -0.355 e. The molecule has 1 aliphatic heterocycles. The van der Waals surface area contributed by atoms with E-state index >= 15 is 0 Å². The topological polar surface area (TPSA) is 61.0 Å². The molecule has 1 atom stereocenters. The Bertz CT molecular complexity index is 426. The Kier molecular flexibility index (Phi) is 4.17. The summed E-state index contributed by atoms with van der Waals surface area (Å²) in [6, 6.07) is 0.440. The molecule has 17 heavy (non-hydrogen) atoms. The van der Waals surface area contributed by atoms with Crippen LogP contribution in [0.15, 0.2) is 15.6 Å². The number of H-pyrrole nitrogens is 1. The summed E-state index contributed by atoms with van der Waals surface area (Å²) in [5.74, 6) is 0.723. The molecular weight excluding hydrogens is 284 g/mol. The van der Waals surface area contributed by atoms with Crippen LogP contribution in [0.25, 0.3) is 0 Å². The fourth-order valence-electron chi connectivity index (χ4n) is 2.18. The first kappa shape index (κ1) is 12.6. The number of aromatic amines is 1. The van der Waals surface area contributed by atoms with Gasteiger partial charge in [-0.25, -0.2) is 4.98 Å². The van der Waals surface area contributed by atoms with E-state index in [1.807, 2.05) is 7.05 Å². The van der Waals surface area contributed by atoms with Crippen LogP contribution in [0.3, 0.4) is 0 Å². The van der Waals surface area contributed by atoms with Gasteiger partial charge in [-0.15, -0.1) is 0 Å². The Hall–Kier alpha value is -0.880. The van der Waals surface area contributed by atoms with Crippen LogP contribution in [-0.2, 0) is 0 Å². The van der Waals surface area contributed by atoms with Gasteiger partial charge in [-0.1, -0.05) is 0 Å². The Morgan fingerprint density at radius 2 is 2.29 bits per heavy atom. The predicted octanol–water partition coefficient (Wildman–Crippen LogP) is 1.11. The Morgan fingerprint density at radius 1 is 1.47 bits per heavy atom. The highest BCUT2D eigenvalue weighted by molar-refractivity contribution is 9.10. The number of halogens is 1. The summed E-state index contributed by atoms with van der Waals surface area (Å²) in [5.41, 5.74) is -0.131. The zero-order valence-electron chi connectivity index (χ0n) is 9.87. The maximum atomic E-state index is 11.5. The average Bonchev–Trinajstić information content (AvgIpc) is 2.60. The molecule has 0 spiro atoms. The van der Waals surface area contributed by atoms with Crippen molar-refractivity contribution in [2.75, 3.05) is 25.0 Å². The van der Waals surface area contributed by atoms with Gasteiger partial charge < -0.3 is 15.2 Å². The Morgan fingerprint density at radius 3 is 3.12 bits per heavy atom. The number of nitrogens with zero attached hydrogens (tertiary/aromatic N) is 2. The minimum absolute atomic E-state index is 0.131. The maximum Gasteiger partial charge on any atom is 0.267 e. The van der Waals surface area contributed by atoms with Crippen molar-refractivity contribution in [2.24, 2.45) is 0 Å². The van der Waals surface area contributed by atoms with E-state index in [1.165, 1.54) is 6.33 Å². The van der Waals surface area contributed by atoms with Crippen molar-refractivity contribution >= 4 is 21.7 Å². The Balaban J connectivity index is 2.20. The number of hydrogen-bond donors (Lipinski definition) is 2. The van der Waals surface area contributed by atoms with Crippen molar-refractivity contribution in [3.05, 3.63) is 21.2 Å². The molecule has 0 aromatic carbocycles. The van der Waals surface area contributed by atoms with Crippen molar-refractivity contribution in [3.8, 4) is 0 Å². The Labute approximate surface area is 109 Å². The first-order valence-corrected chi connectivity index (χ1v) is 6.66. The third kappa shape index (κ3) is 2.87. The molecule has 6 heteroatoms. The van der Waals surface area contributed by atoms with Crippen LogP contribution < -0.4 is 15.8 Å². The fraction of sp³-hybridized carbons (Fsp3) is 0.636. The van der Waals surface area contributed by atoms with Crippen LogP contribution in [0.5, 0.6) is 0 Å². The van der Waals surface area contributed by atoms with Crippen molar-refractivity contribution in [3.63, 3.8) is 0 Å². The van der Waals surface area contributed by atoms with Gasteiger partial charge in [0.25, 0.3) is 5.56 Å². The van der Waals surface area contributed by atoms with E-state index in [0.29, 0.717) is 10.5 Å². The minimum atomic E-state index is -0.131. The molecule has 1 aromatic heterocycles. The van der Waals surface area contributed by atoms with Crippen LogP contribution >= 0.6 is 15.9 Å². The zero-order valence-corrected chi connectivity index (χ0v) is 11.5. The monoisotopic (exact) mass is 300 g/mol. The van der Waals surface area contributed by atoms with Crippen LogP contribution in [0.1, 0.15) is 19.3 Å². The molecule has 0 amide bonds. The van der Waals surface area contributed by atoms with Gasteiger partial charge in [0.15, 0.2) is 0 Å². The summed E-state index contributed by atoms with van der Waals surface area (Å²) < 4.78 is 0.514. The van der Waals surface area contributed by atoms with Gasteiger partial charge in [0, 0.05) is 13.1 Å². The van der Waals surface area contributed by atoms with Crippen molar-refractivity contribution in [1.82, 2.24) is 15.3 Å². The molecule has 1 aliphatic rings. The van der Waals surface area contributed by atoms with Gasteiger partial charge in [0.2, 0.25) is 0 Å². The third-order valence-corrected chi connectivity index (χ3v) is 3.92. The molecule has 1 fully saturated rings. The number of rotatable bonds is 2. The predicted molar refractivity (Wildman–Crippen MR) is 71.5 cm³/mol. The molecule has 1 aromatic rings. The molecule has 2 rings (SSSR count). The summed E-state index contributed by atoms with van der Waals surface area (Å²) in [6.07, 6.45) is 4.82. The van der Waals surface area contributed by atoms with Crippen molar-refractivity contribution in [1.29, 1.82) is 0 Å². The molecular formula is C11H17BrN4O. The molecule has 5 nitrogen and oxygen atoms in total. The van der Waals surface area contributed by atoms with E-state index in [-0.39, 0.29) is 5.56 Å². The van der Waals surface area contributed by atoms with Gasteiger partial charge in [0.05, 0.1) is 6.33 Å². The molecule has 2 N–H and O–H groups in total. The molecule has 0 aliphatic carbocycles. The van der Waals surface area contributed by atoms with E-state index in [4.69, 9.17) is 0 Å². The van der Waals surface area contributed by atoms with Crippen LogP contribution in [0, 0.1) is 0 Å². The summed E-state index contributed by atoms with van der Waals surface area (Å²) in [7, 11) is 2.00. The molecule has 1 saturated heterocycles. The third-order valence-electron chi connectivity index (χ3n) is 3.21. The smallest absolute Gasteiger partial charge is 0.267 e. The lowest BCUT2D eigenvalue weighted by atomic mass is 10.1. The molecule has 1 unspecified atom stereocenters. The molecule has 0 radical (unpaired) electrons. The number of nitrogens with one attached hydrogen (secondary N) is 2. The van der Waals surface area contributed by atoms with Crippen molar-refractivity contribution < 1.29 is 0 Å². The van der Waals surface area contributed by atoms with E-state index in [1.54, 1.807) is 0 Å². The van der Waals surface area contributed by atoms with Gasteiger partial charge in [0.1, 0.15) is 10.3 Å². The lowest BCUT2D eigenvalue weighted by molar-refractivity contribution is 0.561. The molecule has 2 heterocycles. The lowest BCUT2D eigenvalue weighted by Gasteiger charge is -2.28. The maximum absolute atomic E-state index is 11.5. The normalized spacial score (nSPS) is 20.9. The number of anilines is 1. The first-order chi connectivity index (χ1) is 8.20. The SMILES string of the molecule is CN(c1nc[nH]c(=O)c1Br)C1CCCNCC1. The van der Waals surface area contributed by atoms with Gasteiger partial charge in [-0.3, -0.25) is 4.79 Å². The van der Waals surface area contributed by atoms with E-state index in [0.717, 1.165) is 38.2 Å². The lowest BCUT2D eigenvalue weighted by Crippen LogP contribution is -2.34. The standard InChI is InChI=1S/C11H17BrN4O/c1-16(8-3-2-5-13-6-4-8)10-9(12)11(17)15-7-14-10/h7-8,13H,2-6H2,1H3,(H,14,15,17). The zero-order chi connectivity index (χ0) is 12.3. The summed E-state index contributed by atoms with van der Waals surface area (Å²) in [5, 5.41) is 3.38. The van der Waals surface area contributed by atoms with Crippen LogP contribution in [0.2, 0.25) is 0 Å². The van der Waals surface area contributed by atoms with Gasteiger partial charge in [-0.2, -0.15) is 0 Å². The number of aromatic nitrogens is 2. The van der Waals surface area contributed by atoms with Crippen LogP contribution in [-0.4, -0.2) is 36.1 Å². The largest absolute Gasteiger partial charge is 0.355 e. The fourth-order valence-corrected chi connectivity index (χ4v) is 2.68. The highest BCUT2D eigenvalue weighted by Gasteiger charge is 2.20. The van der Waals surface area contributed by atoms with Gasteiger partial charge in [-0.05, 0) is 48.3 Å². The van der Waals surface area contributed by atoms with Crippen molar-refractivity contribution in [2.45, 2.75) is 25.3 Å². The van der Waals surface area contributed by atoms with E-state index in [9.17, 15) is 4.79 Å². The molecule has 0 saturated carbocycles. The molecule has 0 bridgehead atoms. The second kappa shape index (κ2) is 5.64.